The average molecular weight is 157 g/mol. The molecular formula is C9H19NO. The average Bonchev–Trinajstić information content (AvgIpc) is 1.97. The molecule has 0 aliphatic carbocycles. The Balaban J connectivity index is 3.21. The first-order chi connectivity index (χ1) is 5.16. The summed E-state index contributed by atoms with van der Waals surface area (Å²) in [5.74, 6) is 0.683. The van der Waals surface area contributed by atoms with Crippen LogP contribution in [0, 0.1) is 5.92 Å². The second kappa shape index (κ2) is 6.35. The van der Waals surface area contributed by atoms with Crippen LogP contribution in [0.15, 0.2) is 0 Å². The van der Waals surface area contributed by atoms with Crippen LogP contribution in [0.2, 0.25) is 0 Å². The summed E-state index contributed by atoms with van der Waals surface area (Å²) < 4.78 is 0. The number of aldehydes is 1. The number of carbonyl (C=O) groups excluding carboxylic acids is 1. The van der Waals surface area contributed by atoms with Crippen LogP contribution in [0.25, 0.3) is 0 Å². The van der Waals surface area contributed by atoms with Crippen molar-refractivity contribution in [2.45, 2.75) is 26.2 Å². The molecule has 0 bridgehead atoms. The maximum atomic E-state index is 10.0. The van der Waals surface area contributed by atoms with Gasteiger partial charge in [0, 0.05) is 6.42 Å². The van der Waals surface area contributed by atoms with E-state index in [2.05, 4.69) is 25.9 Å². The predicted octanol–water partition coefficient (Wildman–Crippen LogP) is 1.55. The minimum absolute atomic E-state index is 0.683. The van der Waals surface area contributed by atoms with Gasteiger partial charge in [-0.25, -0.2) is 0 Å². The van der Waals surface area contributed by atoms with Crippen molar-refractivity contribution in [2.24, 2.45) is 5.92 Å². The molecule has 0 amide bonds. The molecule has 2 nitrogen and oxygen atoms in total. The van der Waals surface area contributed by atoms with Crippen molar-refractivity contribution in [1.82, 2.24) is 4.90 Å². The van der Waals surface area contributed by atoms with Crippen LogP contribution in [0.1, 0.15) is 26.2 Å². The number of nitrogens with zero attached hydrogens (tertiary/aromatic N) is 1. The van der Waals surface area contributed by atoms with E-state index in [1.807, 2.05) is 0 Å². The van der Waals surface area contributed by atoms with Gasteiger partial charge in [-0.3, -0.25) is 0 Å². The van der Waals surface area contributed by atoms with Gasteiger partial charge in [-0.15, -0.1) is 0 Å². The molecule has 11 heavy (non-hydrogen) atoms. The Labute approximate surface area is 69.6 Å². The summed E-state index contributed by atoms with van der Waals surface area (Å²) in [6.07, 6.45) is 3.96. The maximum Gasteiger partial charge on any atom is 0.120 e. The standard InChI is InChI=1S/C9H19NO/c1-9(5-4-8-11)6-7-10(2)3/h8-9H,4-7H2,1-3H3. The summed E-state index contributed by atoms with van der Waals surface area (Å²) in [6, 6.07) is 0. The van der Waals surface area contributed by atoms with E-state index in [4.69, 9.17) is 0 Å². The highest BCUT2D eigenvalue weighted by atomic mass is 16.1. The van der Waals surface area contributed by atoms with E-state index in [1.54, 1.807) is 0 Å². The monoisotopic (exact) mass is 157 g/mol. The molecule has 0 aromatic rings. The number of hydrogen-bond donors (Lipinski definition) is 0. The highest BCUT2D eigenvalue weighted by Crippen LogP contribution is 2.08. The molecule has 0 fully saturated rings. The van der Waals surface area contributed by atoms with Gasteiger partial charge < -0.3 is 9.69 Å². The molecule has 0 aliphatic heterocycles. The second-order valence-electron chi connectivity index (χ2n) is 3.44. The Kier molecular flexibility index (Phi) is 6.13. The summed E-state index contributed by atoms with van der Waals surface area (Å²) >= 11 is 0. The van der Waals surface area contributed by atoms with Crippen molar-refractivity contribution < 1.29 is 4.79 Å². The zero-order valence-corrected chi connectivity index (χ0v) is 7.84. The molecule has 0 rings (SSSR count). The molecular weight excluding hydrogens is 138 g/mol. The lowest BCUT2D eigenvalue weighted by molar-refractivity contribution is -0.108. The predicted molar refractivity (Wildman–Crippen MR) is 47.6 cm³/mol. The third-order valence-corrected chi connectivity index (χ3v) is 1.85. The zero-order chi connectivity index (χ0) is 8.69. The molecule has 0 N–H and O–H groups in total. The van der Waals surface area contributed by atoms with Gasteiger partial charge in [0.25, 0.3) is 0 Å². The van der Waals surface area contributed by atoms with Crippen LogP contribution in [0.3, 0.4) is 0 Å². The number of rotatable bonds is 6. The van der Waals surface area contributed by atoms with Crippen LogP contribution in [-0.2, 0) is 4.79 Å². The van der Waals surface area contributed by atoms with Gasteiger partial charge in [-0.1, -0.05) is 6.92 Å². The van der Waals surface area contributed by atoms with Crippen LogP contribution >= 0.6 is 0 Å². The Morgan fingerprint density at radius 3 is 2.45 bits per heavy atom. The summed E-state index contributed by atoms with van der Waals surface area (Å²) in [5, 5.41) is 0. The number of carbonyl (C=O) groups is 1. The van der Waals surface area contributed by atoms with E-state index in [1.165, 1.54) is 6.42 Å². The van der Waals surface area contributed by atoms with Crippen LogP contribution in [-0.4, -0.2) is 31.8 Å². The van der Waals surface area contributed by atoms with Gasteiger partial charge in [-0.05, 0) is 39.4 Å². The fourth-order valence-corrected chi connectivity index (χ4v) is 0.975. The Bertz CT molecular complexity index is 102. The molecule has 0 heterocycles. The topological polar surface area (TPSA) is 20.3 Å². The SMILES string of the molecule is CC(CCC=O)CCN(C)C. The van der Waals surface area contributed by atoms with Gasteiger partial charge in [-0.2, -0.15) is 0 Å². The molecule has 1 unspecified atom stereocenters. The van der Waals surface area contributed by atoms with Crippen LogP contribution < -0.4 is 0 Å². The van der Waals surface area contributed by atoms with Crippen molar-refractivity contribution in [2.75, 3.05) is 20.6 Å². The minimum atomic E-state index is 0.683. The molecule has 0 radical (unpaired) electrons. The zero-order valence-electron chi connectivity index (χ0n) is 7.84. The third-order valence-electron chi connectivity index (χ3n) is 1.85. The normalized spacial score (nSPS) is 13.5. The van der Waals surface area contributed by atoms with Crippen molar-refractivity contribution in [3.05, 3.63) is 0 Å². The molecule has 2 heteroatoms. The Morgan fingerprint density at radius 1 is 1.36 bits per heavy atom. The van der Waals surface area contributed by atoms with Gasteiger partial charge in [0.05, 0.1) is 0 Å². The van der Waals surface area contributed by atoms with E-state index in [9.17, 15) is 4.79 Å². The largest absolute Gasteiger partial charge is 0.309 e. The van der Waals surface area contributed by atoms with Gasteiger partial charge >= 0.3 is 0 Å². The van der Waals surface area contributed by atoms with Crippen molar-refractivity contribution in [1.29, 1.82) is 0 Å². The van der Waals surface area contributed by atoms with Gasteiger partial charge in [0.15, 0.2) is 0 Å². The quantitative estimate of drug-likeness (QED) is 0.545. The van der Waals surface area contributed by atoms with Crippen molar-refractivity contribution >= 4 is 6.29 Å². The van der Waals surface area contributed by atoms with E-state index in [0.29, 0.717) is 12.3 Å². The fourth-order valence-electron chi connectivity index (χ4n) is 0.975. The minimum Gasteiger partial charge on any atom is -0.309 e. The van der Waals surface area contributed by atoms with E-state index >= 15 is 0 Å². The van der Waals surface area contributed by atoms with Crippen LogP contribution in [0.4, 0.5) is 0 Å². The highest BCUT2D eigenvalue weighted by Gasteiger charge is 2.01. The summed E-state index contributed by atoms with van der Waals surface area (Å²) in [5.41, 5.74) is 0. The first-order valence-corrected chi connectivity index (χ1v) is 4.25. The van der Waals surface area contributed by atoms with Gasteiger partial charge in [0.2, 0.25) is 0 Å². The fraction of sp³-hybridized carbons (Fsp3) is 0.889. The Morgan fingerprint density at radius 2 is 2.00 bits per heavy atom. The summed E-state index contributed by atoms with van der Waals surface area (Å²) in [6.45, 7) is 3.33. The molecule has 0 aliphatic rings. The summed E-state index contributed by atoms with van der Waals surface area (Å²) in [4.78, 5) is 12.2. The molecule has 0 spiro atoms. The van der Waals surface area contributed by atoms with E-state index < -0.39 is 0 Å². The summed E-state index contributed by atoms with van der Waals surface area (Å²) in [7, 11) is 4.15. The highest BCUT2D eigenvalue weighted by molar-refractivity contribution is 5.49. The molecule has 0 aromatic carbocycles. The molecule has 66 valence electrons. The lowest BCUT2D eigenvalue weighted by Crippen LogP contribution is -2.15. The van der Waals surface area contributed by atoms with E-state index in [-0.39, 0.29) is 0 Å². The van der Waals surface area contributed by atoms with Gasteiger partial charge in [0.1, 0.15) is 6.29 Å². The van der Waals surface area contributed by atoms with Crippen molar-refractivity contribution in [3.63, 3.8) is 0 Å². The first-order valence-electron chi connectivity index (χ1n) is 4.25. The molecule has 1 atom stereocenters. The maximum absolute atomic E-state index is 10.0. The molecule has 0 saturated heterocycles. The lowest BCUT2D eigenvalue weighted by atomic mass is 10.0. The lowest BCUT2D eigenvalue weighted by Gasteiger charge is -2.13. The van der Waals surface area contributed by atoms with E-state index in [0.717, 1.165) is 19.3 Å². The second-order valence-corrected chi connectivity index (χ2v) is 3.44. The third kappa shape index (κ3) is 7.53. The molecule has 0 saturated carbocycles. The number of hydrogen-bond acceptors (Lipinski definition) is 2. The molecule has 0 aromatic heterocycles. The van der Waals surface area contributed by atoms with Crippen LogP contribution in [0.5, 0.6) is 0 Å². The Hall–Kier alpha value is -0.370. The first kappa shape index (κ1) is 10.6. The smallest absolute Gasteiger partial charge is 0.120 e. The van der Waals surface area contributed by atoms with Crippen molar-refractivity contribution in [3.8, 4) is 0 Å².